The molecule has 0 aliphatic carbocycles. The number of carbonyl (C=O) groups excluding carboxylic acids is 1. The number of hydrogen-bond donors (Lipinski definition) is 0. The molecule has 0 aliphatic rings. The van der Waals surface area contributed by atoms with Gasteiger partial charge in [-0.1, -0.05) is 11.6 Å². The number of carbonyl (C=O) groups is 1. The largest absolute Gasteiger partial charge is 0.412 e. The predicted molar refractivity (Wildman–Crippen MR) is 38.2 cm³/mol. The summed E-state index contributed by atoms with van der Waals surface area (Å²) in [5, 5.41) is 0.347. The Morgan fingerprint density at radius 1 is 1.60 bits per heavy atom. The van der Waals surface area contributed by atoms with E-state index in [0.717, 1.165) is 6.29 Å². The van der Waals surface area contributed by atoms with Gasteiger partial charge in [0.1, 0.15) is 11.4 Å². The van der Waals surface area contributed by atoms with Crippen molar-refractivity contribution in [1.82, 2.24) is 4.98 Å². The van der Waals surface area contributed by atoms with Gasteiger partial charge in [0.25, 0.3) is 0 Å². The summed E-state index contributed by atoms with van der Waals surface area (Å²) < 4.78 is 0. The van der Waals surface area contributed by atoms with Crippen molar-refractivity contribution in [3.63, 3.8) is 0 Å². The number of halogens is 1. The first-order valence-corrected chi connectivity index (χ1v) is 2.77. The first-order valence-electron chi connectivity index (χ1n) is 2.39. The van der Waals surface area contributed by atoms with Crippen LogP contribution in [0.5, 0.6) is 0 Å². The van der Waals surface area contributed by atoms with Gasteiger partial charge in [-0.2, -0.15) is 0 Å². The molecule has 10 heavy (non-hydrogen) atoms. The van der Waals surface area contributed by atoms with Gasteiger partial charge in [-0.05, 0) is 12.1 Å². The van der Waals surface area contributed by atoms with E-state index in [0.29, 0.717) is 10.7 Å². The number of hydrogen-bond acceptors (Lipinski definition) is 2. The molecule has 1 aromatic rings. The van der Waals surface area contributed by atoms with Crippen LogP contribution in [0, 0.1) is 0 Å². The lowest BCUT2D eigenvalue weighted by Crippen LogP contribution is -1.79. The number of rotatable bonds is 1. The van der Waals surface area contributed by atoms with Crippen LogP contribution in [-0.2, 0) is 0 Å². The highest BCUT2D eigenvalue weighted by molar-refractivity contribution is 6.29. The third kappa shape index (κ3) is 2.13. The molecule has 0 saturated heterocycles. The van der Waals surface area contributed by atoms with Gasteiger partial charge in [-0.3, -0.25) is 4.79 Å². The van der Waals surface area contributed by atoms with E-state index >= 15 is 0 Å². The molecule has 3 nitrogen and oxygen atoms in total. The normalized spacial score (nSPS) is 8.10. The Hall–Kier alpha value is -0.930. The van der Waals surface area contributed by atoms with Gasteiger partial charge in [-0.15, -0.1) is 0 Å². The highest BCUT2D eigenvalue weighted by Gasteiger charge is 1.89. The molecule has 0 aromatic carbocycles. The van der Waals surface area contributed by atoms with Crippen LogP contribution < -0.4 is 0 Å². The Morgan fingerprint density at radius 3 is 2.70 bits per heavy atom. The summed E-state index contributed by atoms with van der Waals surface area (Å²) in [4.78, 5) is 13.8. The quantitative estimate of drug-likeness (QED) is 0.448. The molecule has 1 aromatic heterocycles. The Labute approximate surface area is 63.0 Å². The lowest BCUT2D eigenvalue weighted by atomic mass is 10.3. The molecule has 0 amide bonds. The maximum absolute atomic E-state index is 10.1. The molecule has 54 valence electrons. The fourth-order valence-electron chi connectivity index (χ4n) is 0.491. The molecule has 0 spiro atoms. The molecular weight excluding hydrogens is 154 g/mol. The van der Waals surface area contributed by atoms with Gasteiger partial charge in [0.05, 0.1) is 0 Å². The molecule has 0 atom stereocenters. The lowest BCUT2D eigenvalue weighted by Gasteiger charge is -1.87. The van der Waals surface area contributed by atoms with Crippen LogP contribution in [0.4, 0.5) is 0 Å². The highest BCUT2D eigenvalue weighted by Crippen LogP contribution is 2.03. The Bertz CT molecular complexity index is 227. The number of aromatic nitrogens is 1. The van der Waals surface area contributed by atoms with Crippen LogP contribution in [0.1, 0.15) is 10.4 Å². The minimum atomic E-state index is 0. The molecule has 4 heteroatoms. The summed E-state index contributed by atoms with van der Waals surface area (Å²) in [5.41, 5.74) is 0.551. The average molecular weight is 160 g/mol. The van der Waals surface area contributed by atoms with Gasteiger partial charge in [-0.25, -0.2) is 4.98 Å². The maximum atomic E-state index is 10.1. The van der Waals surface area contributed by atoms with Gasteiger partial charge in [0.2, 0.25) is 0 Å². The molecule has 1 rings (SSSR count). The van der Waals surface area contributed by atoms with Gasteiger partial charge in [0.15, 0.2) is 0 Å². The summed E-state index contributed by atoms with van der Waals surface area (Å²) in [6.07, 6.45) is 2.22. The Kier molecular flexibility index (Phi) is 3.61. The zero-order chi connectivity index (χ0) is 6.69. The van der Waals surface area contributed by atoms with E-state index in [4.69, 9.17) is 11.6 Å². The minimum absolute atomic E-state index is 0. The van der Waals surface area contributed by atoms with Crippen molar-refractivity contribution in [2.24, 2.45) is 0 Å². The van der Waals surface area contributed by atoms with E-state index in [2.05, 4.69) is 4.98 Å². The van der Waals surface area contributed by atoms with Crippen LogP contribution in [0.15, 0.2) is 18.3 Å². The Balaban J connectivity index is 0.000000810. The minimum Gasteiger partial charge on any atom is -0.412 e. The van der Waals surface area contributed by atoms with Crippen LogP contribution in [0.2, 0.25) is 5.15 Å². The van der Waals surface area contributed by atoms with E-state index in [-0.39, 0.29) is 5.48 Å². The van der Waals surface area contributed by atoms with Gasteiger partial charge < -0.3 is 5.48 Å². The fraction of sp³-hybridized carbons (Fsp3) is 0. The number of pyridine rings is 1. The molecular formula is C6H6ClNO2. The van der Waals surface area contributed by atoms with Crippen LogP contribution in [-0.4, -0.2) is 16.7 Å². The SMILES string of the molecule is O.O=Cc1ccnc(Cl)c1. The van der Waals surface area contributed by atoms with Gasteiger partial charge in [0, 0.05) is 11.8 Å². The smallest absolute Gasteiger partial charge is 0.150 e. The zero-order valence-corrected chi connectivity index (χ0v) is 5.80. The molecule has 0 saturated carbocycles. The molecule has 0 fully saturated rings. The zero-order valence-electron chi connectivity index (χ0n) is 5.04. The van der Waals surface area contributed by atoms with Crippen LogP contribution >= 0.6 is 11.6 Å². The number of aldehydes is 1. The third-order valence-electron chi connectivity index (χ3n) is 0.887. The molecule has 0 radical (unpaired) electrons. The van der Waals surface area contributed by atoms with Crippen molar-refractivity contribution in [3.05, 3.63) is 29.0 Å². The maximum Gasteiger partial charge on any atom is 0.150 e. The van der Waals surface area contributed by atoms with E-state index in [1.165, 1.54) is 12.3 Å². The summed E-state index contributed by atoms with van der Waals surface area (Å²) in [5.74, 6) is 0. The van der Waals surface area contributed by atoms with Crippen molar-refractivity contribution < 1.29 is 10.3 Å². The summed E-state index contributed by atoms with van der Waals surface area (Å²) in [7, 11) is 0. The van der Waals surface area contributed by atoms with Gasteiger partial charge >= 0.3 is 0 Å². The summed E-state index contributed by atoms with van der Waals surface area (Å²) >= 11 is 5.45. The molecule has 2 N–H and O–H groups in total. The van der Waals surface area contributed by atoms with E-state index in [1.54, 1.807) is 6.07 Å². The average Bonchev–Trinajstić information content (AvgIpc) is 1.88. The summed E-state index contributed by atoms with van der Waals surface area (Å²) in [6, 6.07) is 3.10. The van der Waals surface area contributed by atoms with Crippen molar-refractivity contribution in [2.45, 2.75) is 0 Å². The second-order valence-electron chi connectivity index (χ2n) is 1.53. The first kappa shape index (κ1) is 9.07. The summed E-state index contributed by atoms with van der Waals surface area (Å²) in [6.45, 7) is 0. The monoisotopic (exact) mass is 159 g/mol. The lowest BCUT2D eigenvalue weighted by molar-refractivity contribution is 0.112. The van der Waals surface area contributed by atoms with Crippen LogP contribution in [0.25, 0.3) is 0 Å². The molecule has 1 heterocycles. The van der Waals surface area contributed by atoms with Crippen molar-refractivity contribution in [1.29, 1.82) is 0 Å². The predicted octanol–water partition coefficient (Wildman–Crippen LogP) is 0.723. The third-order valence-corrected chi connectivity index (χ3v) is 1.09. The second kappa shape index (κ2) is 3.98. The van der Waals surface area contributed by atoms with E-state index in [1.807, 2.05) is 0 Å². The molecule has 0 unspecified atom stereocenters. The van der Waals surface area contributed by atoms with E-state index in [9.17, 15) is 4.79 Å². The van der Waals surface area contributed by atoms with Crippen molar-refractivity contribution in [3.8, 4) is 0 Å². The fourth-order valence-corrected chi connectivity index (χ4v) is 0.673. The van der Waals surface area contributed by atoms with E-state index < -0.39 is 0 Å². The standard InChI is InChI=1S/C6H4ClNO.H2O/c7-6-3-5(4-9)1-2-8-6;/h1-4H;1H2. The van der Waals surface area contributed by atoms with Crippen molar-refractivity contribution in [2.75, 3.05) is 0 Å². The molecule has 0 aliphatic heterocycles. The highest BCUT2D eigenvalue weighted by atomic mass is 35.5. The topological polar surface area (TPSA) is 61.5 Å². The Morgan fingerprint density at radius 2 is 2.30 bits per heavy atom. The first-order chi connectivity index (χ1) is 4.33. The molecule has 0 bridgehead atoms. The van der Waals surface area contributed by atoms with Crippen molar-refractivity contribution >= 4 is 17.9 Å². The second-order valence-corrected chi connectivity index (χ2v) is 1.92. The number of nitrogens with zero attached hydrogens (tertiary/aromatic N) is 1. The van der Waals surface area contributed by atoms with Crippen LogP contribution in [0.3, 0.4) is 0 Å².